The van der Waals surface area contributed by atoms with Gasteiger partial charge in [-0.05, 0) is 32.4 Å². The van der Waals surface area contributed by atoms with E-state index in [2.05, 4.69) is 11.5 Å². The Bertz CT molecular complexity index is 870. The molecule has 2 amide bonds. The summed E-state index contributed by atoms with van der Waals surface area (Å²) in [6.45, 7) is 8.44. The molecule has 3 rings (SSSR count). The number of anilines is 1. The van der Waals surface area contributed by atoms with E-state index in [0.29, 0.717) is 26.2 Å². The van der Waals surface area contributed by atoms with Gasteiger partial charge in [-0.25, -0.2) is 4.79 Å². The summed E-state index contributed by atoms with van der Waals surface area (Å²) in [5.41, 5.74) is -2.38. The molecule has 0 spiro atoms. The zero-order valence-electron chi connectivity index (χ0n) is 18.6. The smallest absolute Gasteiger partial charge is 0.408 e. The Balaban J connectivity index is 1.86. The first-order valence-corrected chi connectivity index (χ1v) is 10.7. The number of hydrogen-bond donors (Lipinski definition) is 2. The quantitative estimate of drug-likeness (QED) is 0.646. The Morgan fingerprint density at radius 2 is 1.75 bits per heavy atom. The maximum atomic E-state index is 13.8. The standard InChI is InChI=1S/C23H31N3O6/c1-4-14-32-18-15-22(2,20(28)29)23(3,26(16-18)21(30)31)19(27)25-12-10-24(11-13-25)17-8-6-5-7-9-17/h4-9,18H,1,10-16H2,2-3H3,(H,28,29)(H,30,31)/t18-,22+,23+/m0/s1. The Kier molecular flexibility index (Phi) is 6.78. The molecule has 1 aromatic carbocycles. The minimum Gasteiger partial charge on any atom is -0.481 e. The van der Waals surface area contributed by atoms with Crippen molar-refractivity contribution in [1.82, 2.24) is 9.80 Å². The lowest BCUT2D eigenvalue weighted by molar-refractivity contribution is -0.182. The summed E-state index contributed by atoms with van der Waals surface area (Å²) < 4.78 is 5.62. The van der Waals surface area contributed by atoms with Crippen molar-refractivity contribution in [3.8, 4) is 0 Å². The molecule has 0 saturated carbocycles. The molecule has 2 N–H and O–H groups in total. The van der Waals surface area contributed by atoms with Gasteiger partial charge in [0.25, 0.3) is 0 Å². The normalized spacial score (nSPS) is 28.3. The number of carboxylic acids is 1. The van der Waals surface area contributed by atoms with E-state index in [1.54, 1.807) is 4.90 Å². The topological polar surface area (TPSA) is 111 Å². The number of nitrogens with zero attached hydrogens (tertiary/aromatic N) is 3. The summed E-state index contributed by atoms with van der Waals surface area (Å²) in [6, 6.07) is 9.83. The van der Waals surface area contributed by atoms with E-state index in [1.165, 1.54) is 19.9 Å². The zero-order chi connectivity index (χ0) is 23.5. The minimum absolute atomic E-state index is 0.0200. The fraction of sp³-hybridized carbons (Fsp3) is 0.522. The molecule has 2 saturated heterocycles. The molecular weight excluding hydrogens is 414 g/mol. The SMILES string of the molecule is C=CCO[C@@H]1CN(C(=O)O)[C@](C)(C(=O)N2CCN(c3ccccc3)CC2)[C@@](C)(C(=O)O)C1. The van der Waals surface area contributed by atoms with Crippen molar-refractivity contribution in [2.75, 3.05) is 44.2 Å². The number of benzene rings is 1. The minimum atomic E-state index is -1.77. The summed E-state index contributed by atoms with van der Waals surface area (Å²) >= 11 is 0. The fourth-order valence-corrected chi connectivity index (χ4v) is 4.75. The number of ether oxygens (including phenoxy) is 1. The molecule has 0 bridgehead atoms. The lowest BCUT2D eigenvalue weighted by atomic mass is 9.64. The molecule has 9 nitrogen and oxygen atoms in total. The van der Waals surface area contributed by atoms with Gasteiger partial charge >= 0.3 is 12.1 Å². The Morgan fingerprint density at radius 1 is 1.12 bits per heavy atom. The highest BCUT2D eigenvalue weighted by Crippen LogP contribution is 2.46. The van der Waals surface area contributed by atoms with Gasteiger partial charge in [0, 0.05) is 31.9 Å². The maximum absolute atomic E-state index is 13.8. The molecule has 0 aliphatic carbocycles. The van der Waals surface area contributed by atoms with Crippen LogP contribution in [0.15, 0.2) is 43.0 Å². The first-order valence-electron chi connectivity index (χ1n) is 10.7. The van der Waals surface area contributed by atoms with Crippen molar-refractivity contribution < 1.29 is 29.3 Å². The number of piperazine rings is 1. The molecule has 2 fully saturated rings. The van der Waals surface area contributed by atoms with Gasteiger partial charge in [0.2, 0.25) is 5.91 Å². The number of amides is 2. The largest absolute Gasteiger partial charge is 0.481 e. The van der Waals surface area contributed by atoms with Crippen LogP contribution in [0.25, 0.3) is 0 Å². The Hall–Kier alpha value is -3.07. The summed E-state index contributed by atoms with van der Waals surface area (Å²) in [5.74, 6) is -1.71. The first kappa shape index (κ1) is 23.6. The lowest BCUT2D eigenvalue weighted by Gasteiger charge is -2.55. The van der Waals surface area contributed by atoms with E-state index in [-0.39, 0.29) is 19.6 Å². The number of carbonyl (C=O) groups is 3. The van der Waals surface area contributed by atoms with Gasteiger partial charge in [-0.15, -0.1) is 6.58 Å². The molecular formula is C23H31N3O6. The van der Waals surface area contributed by atoms with E-state index in [4.69, 9.17) is 4.74 Å². The highest BCUT2D eigenvalue weighted by atomic mass is 16.5. The molecule has 2 heterocycles. The van der Waals surface area contributed by atoms with Gasteiger partial charge in [0.05, 0.1) is 24.7 Å². The molecule has 0 unspecified atom stereocenters. The predicted molar refractivity (Wildman–Crippen MR) is 119 cm³/mol. The zero-order valence-corrected chi connectivity index (χ0v) is 18.6. The van der Waals surface area contributed by atoms with Gasteiger partial charge < -0.3 is 24.7 Å². The van der Waals surface area contributed by atoms with Crippen molar-refractivity contribution in [1.29, 1.82) is 0 Å². The second kappa shape index (κ2) is 9.20. The van der Waals surface area contributed by atoms with E-state index < -0.39 is 35.0 Å². The van der Waals surface area contributed by atoms with Crippen molar-refractivity contribution in [2.45, 2.75) is 31.9 Å². The summed E-state index contributed by atoms with van der Waals surface area (Å²) in [5, 5.41) is 20.1. The third kappa shape index (κ3) is 4.04. The van der Waals surface area contributed by atoms with Gasteiger partial charge in [0.15, 0.2) is 0 Å². The molecule has 32 heavy (non-hydrogen) atoms. The fourth-order valence-electron chi connectivity index (χ4n) is 4.75. The highest BCUT2D eigenvalue weighted by Gasteiger charge is 2.64. The Labute approximate surface area is 187 Å². The number of rotatable bonds is 6. The van der Waals surface area contributed by atoms with Crippen molar-refractivity contribution >= 4 is 23.7 Å². The second-order valence-electron chi connectivity index (χ2n) is 8.67. The van der Waals surface area contributed by atoms with Crippen LogP contribution in [0.1, 0.15) is 20.3 Å². The average molecular weight is 446 g/mol. The van der Waals surface area contributed by atoms with Crippen LogP contribution in [0.4, 0.5) is 10.5 Å². The average Bonchev–Trinajstić information content (AvgIpc) is 2.79. The molecule has 9 heteroatoms. The maximum Gasteiger partial charge on any atom is 0.408 e. The van der Waals surface area contributed by atoms with E-state index in [1.807, 2.05) is 30.3 Å². The molecule has 2 aliphatic heterocycles. The number of para-hydroxylation sites is 1. The molecule has 3 atom stereocenters. The summed E-state index contributed by atoms with van der Waals surface area (Å²) in [7, 11) is 0. The summed E-state index contributed by atoms with van der Waals surface area (Å²) in [6.07, 6.45) is -0.454. The Morgan fingerprint density at radius 3 is 2.28 bits per heavy atom. The summed E-state index contributed by atoms with van der Waals surface area (Å²) in [4.78, 5) is 43.1. The van der Waals surface area contributed by atoms with Crippen molar-refractivity contribution in [3.05, 3.63) is 43.0 Å². The lowest BCUT2D eigenvalue weighted by Crippen LogP contribution is -2.74. The van der Waals surface area contributed by atoms with Gasteiger partial charge in [-0.3, -0.25) is 14.5 Å². The molecule has 1 aromatic rings. The van der Waals surface area contributed by atoms with Gasteiger partial charge in [0.1, 0.15) is 5.54 Å². The third-order valence-corrected chi connectivity index (χ3v) is 6.89. The number of aliphatic carboxylic acids is 1. The second-order valence-corrected chi connectivity index (χ2v) is 8.67. The molecule has 2 aliphatic rings. The number of hydrogen-bond acceptors (Lipinski definition) is 5. The third-order valence-electron chi connectivity index (χ3n) is 6.89. The van der Waals surface area contributed by atoms with Crippen LogP contribution in [-0.2, 0) is 14.3 Å². The van der Waals surface area contributed by atoms with Crippen molar-refractivity contribution in [2.24, 2.45) is 5.41 Å². The van der Waals surface area contributed by atoms with Crippen LogP contribution in [0.2, 0.25) is 0 Å². The van der Waals surface area contributed by atoms with Crippen LogP contribution in [0, 0.1) is 5.41 Å². The predicted octanol–water partition coefficient (Wildman–Crippen LogP) is 2.14. The molecule has 0 radical (unpaired) electrons. The molecule has 174 valence electrons. The highest BCUT2D eigenvalue weighted by molar-refractivity contribution is 5.96. The molecule has 0 aromatic heterocycles. The number of piperidine rings is 1. The van der Waals surface area contributed by atoms with Gasteiger partial charge in [-0.1, -0.05) is 24.3 Å². The number of carboxylic acid groups (broad SMARTS) is 2. The van der Waals surface area contributed by atoms with Crippen LogP contribution >= 0.6 is 0 Å². The van der Waals surface area contributed by atoms with Crippen LogP contribution in [-0.4, -0.2) is 89.0 Å². The van der Waals surface area contributed by atoms with Gasteiger partial charge in [-0.2, -0.15) is 0 Å². The van der Waals surface area contributed by atoms with Crippen LogP contribution in [0.3, 0.4) is 0 Å². The van der Waals surface area contributed by atoms with Crippen LogP contribution < -0.4 is 4.90 Å². The van der Waals surface area contributed by atoms with Crippen LogP contribution in [0.5, 0.6) is 0 Å². The number of likely N-dealkylation sites (tertiary alicyclic amines) is 1. The first-order chi connectivity index (χ1) is 15.1. The van der Waals surface area contributed by atoms with E-state index in [9.17, 15) is 24.6 Å². The van der Waals surface area contributed by atoms with E-state index >= 15 is 0 Å². The van der Waals surface area contributed by atoms with E-state index in [0.717, 1.165) is 10.6 Å². The van der Waals surface area contributed by atoms with Crippen molar-refractivity contribution in [3.63, 3.8) is 0 Å². The monoisotopic (exact) mass is 445 g/mol. The number of carbonyl (C=O) groups excluding carboxylic acids is 1.